The third kappa shape index (κ3) is 3.16. The molecule has 160 valence electrons. The highest BCUT2D eigenvalue weighted by molar-refractivity contribution is 5.89. The highest BCUT2D eigenvalue weighted by Crippen LogP contribution is 2.61. The standard InChI is InChI=1S/C26H33NO3/c1-26-13-12-21-20-9-7-19(29-3)15-17(20)6-8-22(21)23(26)10-11-24(26)30-25(28)18-5-4-14-27(2)16-18/h4,7,9,14-16,21-24H,5-6,8,10-13H2,1-3H3. The largest absolute Gasteiger partial charge is 0.497 e. The fourth-order valence-electron chi connectivity index (χ4n) is 6.86. The van der Waals surface area contributed by atoms with Crippen LogP contribution in [0, 0.1) is 17.3 Å². The number of allylic oxidation sites excluding steroid dienone is 1. The smallest absolute Gasteiger partial charge is 0.336 e. The second-order valence-corrected chi connectivity index (χ2v) is 9.90. The summed E-state index contributed by atoms with van der Waals surface area (Å²) in [6.07, 6.45) is 13.5. The summed E-state index contributed by atoms with van der Waals surface area (Å²) in [7, 11) is 3.70. The second-order valence-electron chi connectivity index (χ2n) is 9.90. The molecule has 2 saturated carbocycles. The lowest BCUT2D eigenvalue weighted by Crippen LogP contribution is -2.45. The van der Waals surface area contributed by atoms with E-state index >= 15 is 0 Å². The SMILES string of the molecule is COc1ccc2c(c1)CCC1C2CCC2(C)C(OC(=O)C3=CN(C)C=CC3)CCC12. The first kappa shape index (κ1) is 19.7. The molecule has 0 aromatic heterocycles. The topological polar surface area (TPSA) is 38.8 Å². The summed E-state index contributed by atoms with van der Waals surface area (Å²) >= 11 is 0. The van der Waals surface area contributed by atoms with Crippen molar-refractivity contribution in [3.63, 3.8) is 0 Å². The van der Waals surface area contributed by atoms with Gasteiger partial charge in [-0.1, -0.05) is 19.1 Å². The van der Waals surface area contributed by atoms with Crippen molar-refractivity contribution in [2.24, 2.45) is 17.3 Å². The first-order valence-electron chi connectivity index (χ1n) is 11.5. The van der Waals surface area contributed by atoms with Crippen LogP contribution in [0.3, 0.4) is 0 Å². The highest BCUT2D eigenvalue weighted by Gasteiger charge is 2.56. The molecule has 1 aromatic carbocycles. The Hall–Kier alpha value is -2.23. The van der Waals surface area contributed by atoms with Crippen molar-refractivity contribution in [1.82, 2.24) is 4.90 Å². The molecule has 1 heterocycles. The predicted molar refractivity (Wildman–Crippen MR) is 117 cm³/mol. The zero-order valence-electron chi connectivity index (χ0n) is 18.4. The summed E-state index contributed by atoms with van der Waals surface area (Å²) in [5.41, 5.74) is 3.89. The molecule has 1 aliphatic heterocycles. The second kappa shape index (κ2) is 7.47. The molecule has 5 atom stereocenters. The third-order valence-corrected chi connectivity index (χ3v) is 8.40. The number of fused-ring (bicyclic) bond motifs is 5. The Bertz CT molecular complexity index is 904. The van der Waals surface area contributed by atoms with Gasteiger partial charge in [0, 0.05) is 25.1 Å². The number of carbonyl (C=O) groups excluding carboxylic acids is 1. The lowest BCUT2D eigenvalue weighted by atomic mass is 9.55. The molecule has 0 bridgehead atoms. The van der Waals surface area contributed by atoms with Gasteiger partial charge in [-0.05, 0) is 85.7 Å². The molecule has 4 nitrogen and oxygen atoms in total. The highest BCUT2D eigenvalue weighted by atomic mass is 16.5. The van der Waals surface area contributed by atoms with Gasteiger partial charge >= 0.3 is 5.97 Å². The summed E-state index contributed by atoms with van der Waals surface area (Å²) in [6.45, 7) is 2.39. The molecule has 2 fully saturated rings. The molecule has 0 spiro atoms. The number of methoxy groups -OCH3 is 1. The van der Waals surface area contributed by atoms with E-state index in [2.05, 4.69) is 25.1 Å². The van der Waals surface area contributed by atoms with Crippen molar-refractivity contribution >= 4 is 5.97 Å². The number of esters is 1. The number of carbonyl (C=O) groups is 1. The fourth-order valence-corrected chi connectivity index (χ4v) is 6.86. The van der Waals surface area contributed by atoms with Crippen LogP contribution in [0.5, 0.6) is 5.75 Å². The van der Waals surface area contributed by atoms with Gasteiger partial charge in [0.05, 0.1) is 12.7 Å². The fraction of sp³-hybridized carbons (Fsp3) is 0.577. The maximum absolute atomic E-state index is 12.9. The molecule has 0 N–H and O–H groups in total. The van der Waals surface area contributed by atoms with Crippen LogP contribution in [0.4, 0.5) is 0 Å². The Balaban J connectivity index is 1.33. The zero-order valence-corrected chi connectivity index (χ0v) is 18.4. The summed E-state index contributed by atoms with van der Waals surface area (Å²) in [5.74, 6) is 2.84. The van der Waals surface area contributed by atoms with Gasteiger partial charge in [-0.3, -0.25) is 0 Å². The summed E-state index contributed by atoms with van der Waals surface area (Å²) in [4.78, 5) is 14.8. The molecule has 3 aliphatic carbocycles. The van der Waals surface area contributed by atoms with E-state index in [4.69, 9.17) is 9.47 Å². The van der Waals surface area contributed by atoms with Crippen LogP contribution in [0.2, 0.25) is 0 Å². The number of nitrogens with zero attached hydrogens (tertiary/aromatic N) is 1. The van der Waals surface area contributed by atoms with E-state index in [-0.39, 0.29) is 17.5 Å². The molecule has 4 heteroatoms. The zero-order chi connectivity index (χ0) is 20.9. The van der Waals surface area contributed by atoms with Gasteiger partial charge in [-0.2, -0.15) is 0 Å². The van der Waals surface area contributed by atoms with E-state index in [9.17, 15) is 4.79 Å². The average Bonchev–Trinajstić information content (AvgIpc) is 3.09. The summed E-state index contributed by atoms with van der Waals surface area (Å²) < 4.78 is 11.6. The van der Waals surface area contributed by atoms with Crippen molar-refractivity contribution in [2.75, 3.05) is 14.2 Å². The van der Waals surface area contributed by atoms with Crippen LogP contribution in [0.15, 0.2) is 42.2 Å². The van der Waals surface area contributed by atoms with Gasteiger partial charge in [0.15, 0.2) is 0 Å². The van der Waals surface area contributed by atoms with Gasteiger partial charge < -0.3 is 14.4 Å². The van der Waals surface area contributed by atoms with Crippen molar-refractivity contribution < 1.29 is 14.3 Å². The minimum absolute atomic E-state index is 0.0466. The van der Waals surface area contributed by atoms with Crippen LogP contribution in [0.1, 0.15) is 62.5 Å². The maximum atomic E-state index is 12.9. The molecule has 1 aromatic rings. The minimum Gasteiger partial charge on any atom is -0.497 e. The van der Waals surface area contributed by atoms with Gasteiger partial charge in [0.25, 0.3) is 0 Å². The Labute approximate surface area is 179 Å². The molecule has 5 rings (SSSR count). The van der Waals surface area contributed by atoms with E-state index in [0.29, 0.717) is 24.2 Å². The Morgan fingerprint density at radius 1 is 1.20 bits per heavy atom. The summed E-state index contributed by atoms with van der Waals surface area (Å²) in [5, 5.41) is 0. The molecule has 0 radical (unpaired) electrons. The average molecular weight is 408 g/mol. The number of rotatable bonds is 3. The Morgan fingerprint density at radius 3 is 2.87 bits per heavy atom. The molecule has 5 unspecified atom stereocenters. The number of benzene rings is 1. The van der Waals surface area contributed by atoms with Gasteiger partial charge in [0.2, 0.25) is 0 Å². The normalized spacial score (nSPS) is 34.5. The van der Waals surface area contributed by atoms with Crippen LogP contribution in [0.25, 0.3) is 0 Å². The van der Waals surface area contributed by atoms with E-state index in [1.54, 1.807) is 7.11 Å². The van der Waals surface area contributed by atoms with Crippen LogP contribution < -0.4 is 4.74 Å². The number of aryl methyl sites for hydroxylation is 1. The predicted octanol–water partition coefficient (Wildman–Crippen LogP) is 5.20. The molecule has 0 amide bonds. The monoisotopic (exact) mass is 407 g/mol. The van der Waals surface area contributed by atoms with Gasteiger partial charge in [-0.25, -0.2) is 4.79 Å². The maximum Gasteiger partial charge on any atom is 0.336 e. The number of ether oxygens (including phenoxy) is 2. The first-order chi connectivity index (χ1) is 14.5. The van der Waals surface area contributed by atoms with Crippen LogP contribution in [-0.4, -0.2) is 31.1 Å². The van der Waals surface area contributed by atoms with Crippen molar-refractivity contribution in [3.8, 4) is 5.75 Å². The molecule has 30 heavy (non-hydrogen) atoms. The van der Waals surface area contributed by atoms with Gasteiger partial charge in [0.1, 0.15) is 11.9 Å². The minimum atomic E-state index is -0.124. The van der Waals surface area contributed by atoms with E-state index in [1.807, 2.05) is 30.4 Å². The van der Waals surface area contributed by atoms with Crippen molar-refractivity contribution in [1.29, 1.82) is 0 Å². The molecular formula is C26H33NO3. The Kier molecular flexibility index (Phi) is 4.91. The van der Waals surface area contributed by atoms with Crippen molar-refractivity contribution in [3.05, 3.63) is 53.4 Å². The number of hydrogen-bond donors (Lipinski definition) is 0. The quantitative estimate of drug-likeness (QED) is 0.646. The summed E-state index contributed by atoms with van der Waals surface area (Å²) in [6, 6.07) is 6.67. The molecular weight excluding hydrogens is 374 g/mol. The third-order valence-electron chi connectivity index (χ3n) is 8.40. The number of hydrogen-bond acceptors (Lipinski definition) is 4. The van der Waals surface area contributed by atoms with E-state index < -0.39 is 0 Å². The van der Waals surface area contributed by atoms with Crippen LogP contribution >= 0.6 is 0 Å². The molecule has 4 aliphatic rings. The van der Waals surface area contributed by atoms with Crippen LogP contribution in [-0.2, 0) is 16.0 Å². The Morgan fingerprint density at radius 2 is 2.07 bits per heavy atom. The van der Waals surface area contributed by atoms with E-state index in [1.165, 1.54) is 30.4 Å². The first-order valence-corrected chi connectivity index (χ1v) is 11.5. The van der Waals surface area contributed by atoms with E-state index in [0.717, 1.165) is 30.6 Å². The molecule has 0 saturated heterocycles. The van der Waals surface area contributed by atoms with Crippen molar-refractivity contribution in [2.45, 2.75) is 63.9 Å². The van der Waals surface area contributed by atoms with Gasteiger partial charge in [-0.15, -0.1) is 0 Å². The lowest BCUT2D eigenvalue weighted by Gasteiger charge is -2.50. The lowest BCUT2D eigenvalue weighted by molar-refractivity contribution is -0.153.